The Balaban J connectivity index is 2.02. The number of benzene rings is 2. The maximum absolute atomic E-state index is 5.69. The summed E-state index contributed by atoms with van der Waals surface area (Å²) in [5, 5.41) is 4.08. The number of hydrogen-bond acceptors (Lipinski definition) is 5. The van der Waals surface area contributed by atoms with Gasteiger partial charge in [-0.3, -0.25) is 0 Å². The van der Waals surface area contributed by atoms with Crippen LogP contribution in [0.5, 0.6) is 11.5 Å². The molecule has 0 bridgehead atoms. The first-order chi connectivity index (χ1) is 12.2. The van der Waals surface area contributed by atoms with Gasteiger partial charge in [-0.1, -0.05) is 12.0 Å². The second kappa shape index (κ2) is 7.73. The highest BCUT2D eigenvalue weighted by atomic mass is 35.5. The summed E-state index contributed by atoms with van der Waals surface area (Å²) in [5.74, 6) is 4.84. The van der Waals surface area contributed by atoms with Crippen molar-refractivity contribution in [3.05, 3.63) is 48.3 Å². The summed E-state index contributed by atoms with van der Waals surface area (Å²) < 4.78 is 11.0. The van der Waals surface area contributed by atoms with Crippen LogP contribution in [0.3, 0.4) is 0 Å². The van der Waals surface area contributed by atoms with Gasteiger partial charge in [-0.05, 0) is 24.3 Å². The van der Waals surface area contributed by atoms with Gasteiger partial charge >= 0.3 is 0 Å². The van der Waals surface area contributed by atoms with Crippen LogP contribution in [-0.4, -0.2) is 29.6 Å². The van der Waals surface area contributed by atoms with Crippen LogP contribution < -0.4 is 14.8 Å². The van der Waals surface area contributed by atoms with E-state index < -0.39 is 0 Å². The fraction of sp³-hybridized carbons (Fsp3) is 0.158. The summed E-state index contributed by atoms with van der Waals surface area (Å²) in [6.45, 7) is 0.387. The fourth-order valence-electron chi connectivity index (χ4n) is 2.41. The summed E-state index contributed by atoms with van der Waals surface area (Å²) in [6, 6.07) is 11.2. The van der Waals surface area contributed by atoms with Crippen molar-refractivity contribution in [2.45, 2.75) is 0 Å². The zero-order chi connectivity index (χ0) is 17.6. The average molecular weight is 354 g/mol. The monoisotopic (exact) mass is 353 g/mol. The zero-order valence-corrected chi connectivity index (χ0v) is 14.4. The zero-order valence-electron chi connectivity index (χ0n) is 13.6. The second-order valence-corrected chi connectivity index (χ2v) is 5.51. The van der Waals surface area contributed by atoms with E-state index in [2.05, 4.69) is 21.2 Å². The van der Waals surface area contributed by atoms with Gasteiger partial charge in [0.05, 0.1) is 18.5 Å². The van der Waals surface area contributed by atoms with E-state index in [1.54, 1.807) is 7.11 Å². The molecule has 5 nitrogen and oxygen atoms in total. The van der Waals surface area contributed by atoms with Crippen LogP contribution >= 0.6 is 11.6 Å². The highest BCUT2D eigenvalue weighted by Gasteiger charge is 2.12. The largest absolute Gasteiger partial charge is 0.493 e. The lowest BCUT2D eigenvalue weighted by molar-refractivity contribution is 0.313. The van der Waals surface area contributed by atoms with Gasteiger partial charge in [0.15, 0.2) is 11.5 Å². The Kier molecular flexibility index (Phi) is 5.22. The number of alkyl halides is 1. The third-order valence-corrected chi connectivity index (χ3v) is 3.70. The van der Waals surface area contributed by atoms with Crippen LogP contribution in [0.4, 0.5) is 11.5 Å². The van der Waals surface area contributed by atoms with Gasteiger partial charge < -0.3 is 14.8 Å². The molecule has 0 saturated carbocycles. The number of nitrogens with one attached hydrogen (secondary N) is 1. The molecule has 0 fully saturated rings. The molecule has 0 amide bonds. The van der Waals surface area contributed by atoms with Crippen LogP contribution in [0.15, 0.2) is 42.7 Å². The Morgan fingerprint density at radius 1 is 1.20 bits per heavy atom. The van der Waals surface area contributed by atoms with Crippen molar-refractivity contribution in [3.8, 4) is 23.8 Å². The van der Waals surface area contributed by atoms with Gasteiger partial charge in [-0.15, -0.1) is 18.0 Å². The highest BCUT2D eigenvalue weighted by molar-refractivity contribution is 6.18. The quantitative estimate of drug-likeness (QED) is 0.536. The lowest BCUT2D eigenvalue weighted by Gasteiger charge is -2.13. The van der Waals surface area contributed by atoms with Gasteiger partial charge in [-0.25, -0.2) is 9.97 Å². The van der Waals surface area contributed by atoms with E-state index in [0.29, 0.717) is 29.8 Å². The molecule has 6 heteroatoms. The minimum atomic E-state index is 0.387. The molecule has 0 radical (unpaired) electrons. The number of rotatable bonds is 6. The molecule has 1 aromatic heterocycles. The van der Waals surface area contributed by atoms with Crippen LogP contribution in [0.25, 0.3) is 10.9 Å². The summed E-state index contributed by atoms with van der Waals surface area (Å²) in [7, 11) is 1.59. The van der Waals surface area contributed by atoms with Crippen LogP contribution in [0.1, 0.15) is 5.56 Å². The van der Waals surface area contributed by atoms with Gasteiger partial charge in [0.25, 0.3) is 0 Å². The summed E-state index contributed by atoms with van der Waals surface area (Å²) in [4.78, 5) is 8.64. The first-order valence-electron chi connectivity index (χ1n) is 7.60. The number of ether oxygens (including phenoxy) is 2. The number of aromatic nitrogens is 2. The maximum atomic E-state index is 5.69. The molecule has 25 heavy (non-hydrogen) atoms. The second-order valence-electron chi connectivity index (χ2n) is 5.13. The Hall–Kier alpha value is -2.97. The standard InChI is InChI=1S/C19H16ClN3O2/c1-3-13-5-4-6-14(9-13)23-19-15-10-17(24-2)18(25-8-7-20)11-16(15)21-12-22-19/h1,4-6,9-12H,7-8H2,2H3,(H,21,22,23). The Morgan fingerprint density at radius 3 is 2.84 bits per heavy atom. The molecule has 3 rings (SSSR count). The molecule has 0 aliphatic heterocycles. The van der Waals surface area contributed by atoms with E-state index in [1.807, 2.05) is 36.4 Å². The summed E-state index contributed by atoms with van der Waals surface area (Å²) in [5.41, 5.74) is 2.37. The SMILES string of the molecule is C#Cc1cccc(Nc2ncnc3cc(OCCCl)c(OC)cc23)c1. The van der Waals surface area contributed by atoms with Crippen molar-refractivity contribution >= 4 is 34.0 Å². The Bertz CT molecular complexity index is 938. The normalized spacial score (nSPS) is 10.3. The molecule has 1 N–H and O–H groups in total. The number of terminal acetylenes is 1. The predicted octanol–water partition coefficient (Wildman–Crippen LogP) is 3.98. The van der Waals surface area contributed by atoms with E-state index in [1.165, 1.54) is 6.33 Å². The van der Waals surface area contributed by atoms with Gasteiger partial charge in [0, 0.05) is 22.7 Å². The topological polar surface area (TPSA) is 56.3 Å². The number of nitrogens with zero attached hydrogens (tertiary/aromatic N) is 2. The fourth-order valence-corrected chi connectivity index (χ4v) is 2.49. The minimum absolute atomic E-state index is 0.387. The molecule has 2 aromatic carbocycles. The molecule has 0 aliphatic carbocycles. The minimum Gasteiger partial charge on any atom is -0.493 e. The van der Waals surface area contributed by atoms with Crippen molar-refractivity contribution in [1.29, 1.82) is 0 Å². The van der Waals surface area contributed by atoms with Gasteiger partial charge in [0.1, 0.15) is 18.8 Å². The summed E-state index contributed by atoms with van der Waals surface area (Å²) in [6.07, 6.45) is 6.95. The van der Waals surface area contributed by atoms with E-state index in [0.717, 1.165) is 22.2 Å². The number of methoxy groups -OCH3 is 1. The molecule has 0 atom stereocenters. The smallest absolute Gasteiger partial charge is 0.163 e. The van der Waals surface area contributed by atoms with Crippen molar-refractivity contribution in [3.63, 3.8) is 0 Å². The molecule has 0 aliphatic rings. The maximum Gasteiger partial charge on any atom is 0.163 e. The van der Waals surface area contributed by atoms with E-state index in [4.69, 9.17) is 27.5 Å². The van der Waals surface area contributed by atoms with Crippen LogP contribution in [0.2, 0.25) is 0 Å². The van der Waals surface area contributed by atoms with Crippen molar-refractivity contribution in [1.82, 2.24) is 9.97 Å². The number of hydrogen-bond donors (Lipinski definition) is 1. The van der Waals surface area contributed by atoms with Crippen molar-refractivity contribution < 1.29 is 9.47 Å². The van der Waals surface area contributed by atoms with Crippen LogP contribution in [-0.2, 0) is 0 Å². The van der Waals surface area contributed by atoms with E-state index in [9.17, 15) is 0 Å². The molecule has 126 valence electrons. The molecule has 0 unspecified atom stereocenters. The van der Waals surface area contributed by atoms with Gasteiger partial charge in [0.2, 0.25) is 0 Å². The highest BCUT2D eigenvalue weighted by Crippen LogP contribution is 2.34. The molecule has 0 spiro atoms. The molecular formula is C19H16ClN3O2. The Labute approximate surface area is 151 Å². The predicted molar refractivity (Wildman–Crippen MR) is 100.0 cm³/mol. The van der Waals surface area contributed by atoms with Crippen molar-refractivity contribution in [2.75, 3.05) is 24.9 Å². The molecule has 1 heterocycles. The van der Waals surface area contributed by atoms with Crippen LogP contribution in [0, 0.1) is 12.3 Å². The van der Waals surface area contributed by atoms with Crippen molar-refractivity contribution in [2.24, 2.45) is 0 Å². The molecule has 3 aromatic rings. The third kappa shape index (κ3) is 3.76. The van der Waals surface area contributed by atoms with Gasteiger partial charge in [-0.2, -0.15) is 0 Å². The number of fused-ring (bicyclic) bond motifs is 1. The number of anilines is 2. The summed E-state index contributed by atoms with van der Waals surface area (Å²) >= 11 is 5.69. The molecule has 0 saturated heterocycles. The number of halogens is 1. The lowest BCUT2D eigenvalue weighted by atomic mass is 10.2. The van der Waals surface area contributed by atoms with E-state index in [-0.39, 0.29) is 0 Å². The average Bonchev–Trinajstić information content (AvgIpc) is 2.66. The lowest BCUT2D eigenvalue weighted by Crippen LogP contribution is -2.01. The third-order valence-electron chi connectivity index (χ3n) is 3.55. The Morgan fingerprint density at radius 2 is 2.08 bits per heavy atom. The van der Waals surface area contributed by atoms with E-state index >= 15 is 0 Å². The molecular weight excluding hydrogens is 338 g/mol. The first kappa shape index (κ1) is 16.9. The first-order valence-corrected chi connectivity index (χ1v) is 8.14.